The van der Waals surface area contributed by atoms with E-state index in [0.29, 0.717) is 17.3 Å². The average Bonchev–Trinajstić information content (AvgIpc) is 2.10. The van der Waals surface area contributed by atoms with Crippen molar-refractivity contribution in [3.05, 3.63) is 16.4 Å². The van der Waals surface area contributed by atoms with E-state index in [2.05, 4.69) is 15.2 Å². The Morgan fingerprint density at radius 1 is 1.62 bits per heavy atom. The van der Waals surface area contributed by atoms with Crippen molar-refractivity contribution in [3.63, 3.8) is 0 Å². The quantitative estimate of drug-likeness (QED) is 0.580. The highest BCUT2D eigenvalue weighted by molar-refractivity contribution is 6.37. The SMILES string of the molecule is CCO/C=N/c1c(Cl)cnnc1Cl. The molecule has 1 aromatic heterocycles. The Balaban J connectivity index is 2.87. The van der Waals surface area contributed by atoms with Gasteiger partial charge >= 0.3 is 0 Å². The number of hydrogen-bond donors (Lipinski definition) is 0. The van der Waals surface area contributed by atoms with Crippen molar-refractivity contribution in [2.45, 2.75) is 6.92 Å². The van der Waals surface area contributed by atoms with Gasteiger partial charge in [0.25, 0.3) is 0 Å². The largest absolute Gasteiger partial charge is 0.483 e. The average molecular weight is 220 g/mol. The van der Waals surface area contributed by atoms with Gasteiger partial charge in [0, 0.05) is 0 Å². The van der Waals surface area contributed by atoms with Gasteiger partial charge in [0.1, 0.15) is 5.69 Å². The molecule has 0 saturated heterocycles. The van der Waals surface area contributed by atoms with E-state index in [4.69, 9.17) is 27.9 Å². The van der Waals surface area contributed by atoms with Crippen LogP contribution >= 0.6 is 23.2 Å². The van der Waals surface area contributed by atoms with Gasteiger partial charge < -0.3 is 4.74 Å². The zero-order valence-electron chi connectivity index (χ0n) is 6.87. The molecule has 0 spiro atoms. The molecule has 0 N–H and O–H groups in total. The molecule has 4 nitrogen and oxygen atoms in total. The Kier molecular flexibility index (Phi) is 3.92. The molecule has 1 rings (SSSR count). The summed E-state index contributed by atoms with van der Waals surface area (Å²) in [5.74, 6) is 0. The lowest BCUT2D eigenvalue weighted by atomic mass is 10.5. The molecule has 1 aromatic rings. The molecule has 0 aliphatic heterocycles. The molecular weight excluding hydrogens is 213 g/mol. The van der Waals surface area contributed by atoms with Crippen LogP contribution in [0.15, 0.2) is 11.2 Å². The van der Waals surface area contributed by atoms with E-state index < -0.39 is 0 Å². The van der Waals surface area contributed by atoms with Crippen molar-refractivity contribution in [1.82, 2.24) is 10.2 Å². The minimum Gasteiger partial charge on any atom is -0.483 e. The summed E-state index contributed by atoms with van der Waals surface area (Å²) in [7, 11) is 0. The molecule has 0 amide bonds. The summed E-state index contributed by atoms with van der Waals surface area (Å²) in [6, 6.07) is 0. The highest BCUT2D eigenvalue weighted by Crippen LogP contribution is 2.29. The first-order chi connectivity index (χ1) is 6.25. The van der Waals surface area contributed by atoms with Crippen LogP contribution in [0.5, 0.6) is 0 Å². The molecule has 0 radical (unpaired) electrons. The lowest BCUT2D eigenvalue weighted by Gasteiger charge is -1.97. The van der Waals surface area contributed by atoms with Crippen molar-refractivity contribution in [1.29, 1.82) is 0 Å². The summed E-state index contributed by atoms with van der Waals surface area (Å²) in [5, 5.41) is 7.62. The van der Waals surface area contributed by atoms with E-state index in [-0.39, 0.29) is 5.15 Å². The first-order valence-corrected chi connectivity index (χ1v) is 4.32. The summed E-state index contributed by atoms with van der Waals surface area (Å²) in [6.45, 7) is 2.39. The van der Waals surface area contributed by atoms with Crippen molar-refractivity contribution in [2.24, 2.45) is 4.99 Å². The van der Waals surface area contributed by atoms with E-state index >= 15 is 0 Å². The Morgan fingerprint density at radius 3 is 3.00 bits per heavy atom. The molecule has 13 heavy (non-hydrogen) atoms. The fourth-order valence-corrected chi connectivity index (χ4v) is 1.04. The summed E-state index contributed by atoms with van der Waals surface area (Å²) in [5.41, 5.74) is 0.367. The van der Waals surface area contributed by atoms with Gasteiger partial charge in [-0.2, -0.15) is 5.10 Å². The first-order valence-electron chi connectivity index (χ1n) is 3.56. The Bertz CT molecular complexity index is 296. The van der Waals surface area contributed by atoms with E-state index in [1.165, 1.54) is 12.6 Å². The molecule has 70 valence electrons. The lowest BCUT2D eigenvalue weighted by Crippen LogP contribution is -1.86. The third-order valence-corrected chi connectivity index (χ3v) is 1.69. The minimum absolute atomic E-state index is 0.156. The topological polar surface area (TPSA) is 47.4 Å². The smallest absolute Gasteiger partial charge is 0.178 e. The maximum atomic E-state index is 5.75. The summed E-state index contributed by atoms with van der Waals surface area (Å²) in [6.07, 6.45) is 2.64. The van der Waals surface area contributed by atoms with Gasteiger partial charge in [-0.15, -0.1) is 5.10 Å². The van der Waals surface area contributed by atoms with Crippen LogP contribution in [0, 0.1) is 0 Å². The fraction of sp³-hybridized carbons (Fsp3) is 0.286. The zero-order valence-corrected chi connectivity index (χ0v) is 8.38. The summed E-state index contributed by atoms with van der Waals surface area (Å²) in [4.78, 5) is 3.88. The monoisotopic (exact) mass is 219 g/mol. The molecule has 0 bridgehead atoms. The summed E-state index contributed by atoms with van der Waals surface area (Å²) >= 11 is 11.4. The molecule has 0 aromatic carbocycles. The lowest BCUT2D eigenvalue weighted by molar-refractivity contribution is 0.344. The molecule has 0 unspecified atom stereocenters. The van der Waals surface area contributed by atoms with Crippen molar-refractivity contribution in [2.75, 3.05) is 6.61 Å². The number of aliphatic imine (C=N–C) groups is 1. The molecule has 0 aliphatic carbocycles. The van der Waals surface area contributed by atoms with Gasteiger partial charge in [0.15, 0.2) is 11.6 Å². The standard InChI is InChI=1S/C7H7Cl2N3O/c1-2-13-4-10-6-5(8)3-11-12-7(6)9/h3-4H,2H2,1H3/b10-4+. The number of aromatic nitrogens is 2. The maximum Gasteiger partial charge on any atom is 0.178 e. The van der Waals surface area contributed by atoms with Crippen LogP contribution in [-0.4, -0.2) is 23.2 Å². The third-order valence-electron chi connectivity index (χ3n) is 1.16. The normalized spacial score (nSPS) is 10.7. The van der Waals surface area contributed by atoms with E-state index in [9.17, 15) is 0 Å². The molecule has 1 heterocycles. The van der Waals surface area contributed by atoms with Gasteiger partial charge in [0.05, 0.1) is 17.8 Å². The number of nitrogens with zero attached hydrogens (tertiary/aromatic N) is 3. The molecule has 0 atom stereocenters. The third kappa shape index (κ3) is 2.82. The van der Waals surface area contributed by atoms with Gasteiger partial charge in [0.2, 0.25) is 0 Å². The predicted molar refractivity (Wildman–Crippen MR) is 51.8 cm³/mol. The Labute approximate surface area is 85.5 Å². The van der Waals surface area contributed by atoms with Crippen LogP contribution in [-0.2, 0) is 4.74 Å². The van der Waals surface area contributed by atoms with Crippen molar-refractivity contribution >= 4 is 35.3 Å². The molecule has 0 saturated carbocycles. The second kappa shape index (κ2) is 4.99. The van der Waals surface area contributed by atoms with Crippen LogP contribution in [0.2, 0.25) is 10.2 Å². The van der Waals surface area contributed by atoms with Gasteiger partial charge in [-0.3, -0.25) is 0 Å². The Morgan fingerprint density at radius 2 is 2.38 bits per heavy atom. The number of rotatable bonds is 3. The Hall–Kier alpha value is -0.870. The van der Waals surface area contributed by atoms with Crippen LogP contribution in [0.25, 0.3) is 0 Å². The molecule has 0 aliphatic rings. The van der Waals surface area contributed by atoms with Crippen molar-refractivity contribution in [3.8, 4) is 0 Å². The fourth-order valence-electron chi connectivity index (χ4n) is 0.617. The molecule has 0 fully saturated rings. The molecular formula is C7H7Cl2N3O. The number of hydrogen-bond acceptors (Lipinski definition) is 4. The maximum absolute atomic E-state index is 5.75. The second-order valence-corrected chi connectivity index (χ2v) is 2.79. The predicted octanol–water partition coefficient (Wildman–Crippen LogP) is 2.48. The summed E-state index contributed by atoms with van der Waals surface area (Å²) < 4.78 is 4.89. The zero-order chi connectivity index (χ0) is 9.68. The highest BCUT2D eigenvalue weighted by atomic mass is 35.5. The van der Waals surface area contributed by atoms with E-state index in [0.717, 1.165) is 0 Å². The second-order valence-electron chi connectivity index (χ2n) is 2.02. The minimum atomic E-state index is 0.156. The van der Waals surface area contributed by atoms with Crippen molar-refractivity contribution < 1.29 is 4.74 Å². The van der Waals surface area contributed by atoms with Gasteiger partial charge in [-0.05, 0) is 6.92 Å². The van der Waals surface area contributed by atoms with E-state index in [1.807, 2.05) is 6.92 Å². The number of ether oxygens (including phenoxy) is 1. The van der Waals surface area contributed by atoms with Gasteiger partial charge in [-0.1, -0.05) is 23.2 Å². The number of halogens is 2. The van der Waals surface area contributed by atoms with Crippen LogP contribution in [0.1, 0.15) is 6.92 Å². The first kappa shape index (κ1) is 10.2. The van der Waals surface area contributed by atoms with E-state index in [1.54, 1.807) is 0 Å². The van der Waals surface area contributed by atoms with Crippen LogP contribution in [0.4, 0.5) is 5.69 Å². The van der Waals surface area contributed by atoms with Crippen LogP contribution < -0.4 is 0 Å². The highest BCUT2D eigenvalue weighted by Gasteiger charge is 2.04. The van der Waals surface area contributed by atoms with Gasteiger partial charge in [-0.25, -0.2) is 4.99 Å². The van der Waals surface area contributed by atoms with Crippen LogP contribution in [0.3, 0.4) is 0 Å². The molecule has 6 heteroatoms.